The third kappa shape index (κ3) is 3.09. The lowest BCUT2D eigenvalue weighted by molar-refractivity contribution is -0.0160. The second-order valence-corrected chi connectivity index (χ2v) is 3.84. The lowest BCUT2D eigenvalue weighted by Gasteiger charge is -2.29. The molecule has 1 heterocycles. The van der Waals surface area contributed by atoms with E-state index in [1.165, 1.54) is 0 Å². The number of hydrogen-bond acceptors (Lipinski definition) is 3. The van der Waals surface area contributed by atoms with Crippen LogP contribution in [-0.2, 0) is 4.74 Å². The number of aliphatic hydroxyl groups excluding tert-OH is 1. The minimum Gasteiger partial charge on any atom is -0.391 e. The average Bonchev–Trinajstić information content (AvgIpc) is 2.03. The van der Waals surface area contributed by atoms with E-state index in [1.54, 1.807) is 0 Å². The van der Waals surface area contributed by atoms with E-state index in [0.29, 0.717) is 19.1 Å². The summed E-state index contributed by atoms with van der Waals surface area (Å²) in [6.45, 7) is 6.60. The molecule has 1 aliphatic rings. The molecule has 1 fully saturated rings. The van der Waals surface area contributed by atoms with Crippen molar-refractivity contribution < 1.29 is 9.84 Å². The lowest BCUT2D eigenvalue weighted by atomic mass is 10.1. The summed E-state index contributed by atoms with van der Waals surface area (Å²) in [5.74, 6) is 0.624. The first-order valence-electron chi connectivity index (χ1n) is 4.69. The van der Waals surface area contributed by atoms with Crippen LogP contribution in [0.15, 0.2) is 0 Å². The summed E-state index contributed by atoms with van der Waals surface area (Å²) < 4.78 is 5.26. The van der Waals surface area contributed by atoms with Gasteiger partial charge >= 0.3 is 0 Å². The summed E-state index contributed by atoms with van der Waals surface area (Å²) in [7, 11) is 0. The van der Waals surface area contributed by atoms with Crippen LogP contribution in [0.25, 0.3) is 0 Å². The predicted molar refractivity (Wildman–Crippen MR) is 48.1 cm³/mol. The zero-order valence-electron chi connectivity index (χ0n) is 7.92. The highest BCUT2D eigenvalue weighted by Gasteiger charge is 2.22. The van der Waals surface area contributed by atoms with Crippen molar-refractivity contribution in [2.24, 2.45) is 5.92 Å². The Morgan fingerprint density at radius 1 is 1.58 bits per heavy atom. The highest BCUT2D eigenvalue weighted by molar-refractivity contribution is 4.78. The molecule has 0 amide bonds. The van der Waals surface area contributed by atoms with Gasteiger partial charge in [0.05, 0.1) is 18.8 Å². The molecule has 0 unspecified atom stereocenters. The van der Waals surface area contributed by atoms with Gasteiger partial charge in [-0.15, -0.1) is 0 Å². The molecule has 0 bridgehead atoms. The molecule has 0 saturated carbocycles. The highest BCUT2D eigenvalue weighted by atomic mass is 16.5. The average molecular weight is 173 g/mol. The van der Waals surface area contributed by atoms with Crippen molar-refractivity contribution in [1.82, 2.24) is 5.32 Å². The molecule has 0 aromatic carbocycles. The van der Waals surface area contributed by atoms with Crippen molar-refractivity contribution in [2.45, 2.75) is 32.4 Å². The third-order valence-corrected chi connectivity index (χ3v) is 2.11. The fourth-order valence-electron chi connectivity index (χ4n) is 1.31. The first kappa shape index (κ1) is 9.96. The van der Waals surface area contributed by atoms with Crippen LogP contribution in [-0.4, -0.2) is 37.0 Å². The second-order valence-electron chi connectivity index (χ2n) is 3.84. The van der Waals surface area contributed by atoms with E-state index in [1.807, 2.05) is 0 Å². The molecule has 1 saturated heterocycles. The van der Waals surface area contributed by atoms with Gasteiger partial charge in [0.2, 0.25) is 0 Å². The van der Waals surface area contributed by atoms with Gasteiger partial charge < -0.3 is 15.2 Å². The third-order valence-electron chi connectivity index (χ3n) is 2.11. The summed E-state index contributed by atoms with van der Waals surface area (Å²) in [5, 5.41) is 12.8. The van der Waals surface area contributed by atoms with E-state index in [9.17, 15) is 5.11 Å². The van der Waals surface area contributed by atoms with Crippen molar-refractivity contribution in [3.63, 3.8) is 0 Å². The number of hydrogen-bond donors (Lipinski definition) is 2. The Morgan fingerprint density at radius 3 is 2.92 bits per heavy atom. The van der Waals surface area contributed by atoms with Gasteiger partial charge in [0, 0.05) is 6.61 Å². The maximum Gasteiger partial charge on any atom is 0.0737 e. The summed E-state index contributed by atoms with van der Waals surface area (Å²) in [4.78, 5) is 0. The van der Waals surface area contributed by atoms with Crippen LogP contribution >= 0.6 is 0 Å². The van der Waals surface area contributed by atoms with Crippen LogP contribution in [0.2, 0.25) is 0 Å². The molecule has 0 aliphatic carbocycles. The molecule has 0 radical (unpaired) electrons. The molecule has 0 aromatic heterocycles. The normalized spacial score (nSPS) is 31.0. The summed E-state index contributed by atoms with van der Waals surface area (Å²) in [6.07, 6.45) is 0.535. The zero-order chi connectivity index (χ0) is 8.97. The maximum atomic E-state index is 9.54. The minimum absolute atomic E-state index is 0.140. The number of ether oxygens (including phenoxy) is 1. The Hall–Kier alpha value is -0.120. The predicted octanol–water partition coefficient (Wildman–Crippen LogP) is 0.382. The summed E-state index contributed by atoms with van der Waals surface area (Å²) >= 11 is 0. The Balaban J connectivity index is 2.20. The molecule has 1 rings (SSSR count). The van der Waals surface area contributed by atoms with E-state index in [4.69, 9.17) is 4.74 Å². The van der Waals surface area contributed by atoms with E-state index in [-0.39, 0.29) is 12.1 Å². The molecule has 3 nitrogen and oxygen atoms in total. The molecule has 0 aromatic rings. The lowest BCUT2D eigenvalue weighted by Crippen LogP contribution is -2.48. The van der Waals surface area contributed by atoms with Crippen molar-refractivity contribution in [1.29, 1.82) is 0 Å². The monoisotopic (exact) mass is 173 g/mol. The maximum absolute atomic E-state index is 9.54. The van der Waals surface area contributed by atoms with Crippen LogP contribution in [0, 0.1) is 5.92 Å². The van der Waals surface area contributed by atoms with Gasteiger partial charge in [-0.05, 0) is 18.9 Å². The topological polar surface area (TPSA) is 41.5 Å². The molecule has 72 valence electrons. The van der Waals surface area contributed by atoms with Gasteiger partial charge in [-0.3, -0.25) is 0 Å². The number of rotatable bonds is 3. The largest absolute Gasteiger partial charge is 0.391 e. The molecule has 1 aliphatic heterocycles. The standard InChI is InChI=1S/C9H19NO2/c1-7(2)5-10-8-6-12-4-3-9(8)11/h7-11H,3-6H2,1-2H3/t8-,9-/m0/s1. The molecule has 0 spiro atoms. The summed E-state index contributed by atoms with van der Waals surface area (Å²) in [6, 6.07) is 0.140. The highest BCUT2D eigenvalue weighted by Crippen LogP contribution is 2.07. The molecule has 2 atom stereocenters. The van der Waals surface area contributed by atoms with Crippen LogP contribution in [0.3, 0.4) is 0 Å². The van der Waals surface area contributed by atoms with Crippen LogP contribution in [0.5, 0.6) is 0 Å². The van der Waals surface area contributed by atoms with Crippen molar-refractivity contribution in [2.75, 3.05) is 19.8 Å². The number of aliphatic hydroxyl groups is 1. The van der Waals surface area contributed by atoms with Crippen molar-refractivity contribution in [3.8, 4) is 0 Å². The van der Waals surface area contributed by atoms with Gasteiger partial charge in [0.15, 0.2) is 0 Å². The Kier molecular flexibility index (Phi) is 3.98. The van der Waals surface area contributed by atoms with Crippen LogP contribution in [0.4, 0.5) is 0 Å². The SMILES string of the molecule is CC(C)CN[C@H]1COCC[C@@H]1O. The van der Waals surface area contributed by atoms with Crippen LogP contribution in [0.1, 0.15) is 20.3 Å². The minimum atomic E-state index is -0.225. The van der Waals surface area contributed by atoms with E-state index < -0.39 is 0 Å². The summed E-state index contributed by atoms with van der Waals surface area (Å²) in [5.41, 5.74) is 0. The van der Waals surface area contributed by atoms with Gasteiger partial charge in [-0.1, -0.05) is 13.8 Å². The molecule has 2 N–H and O–H groups in total. The second kappa shape index (κ2) is 4.80. The van der Waals surface area contributed by atoms with Gasteiger partial charge in [0.1, 0.15) is 0 Å². The van der Waals surface area contributed by atoms with Gasteiger partial charge in [-0.25, -0.2) is 0 Å². The quantitative estimate of drug-likeness (QED) is 0.648. The Morgan fingerprint density at radius 2 is 2.33 bits per heavy atom. The van der Waals surface area contributed by atoms with E-state index in [2.05, 4.69) is 19.2 Å². The molecular weight excluding hydrogens is 154 g/mol. The fraction of sp³-hybridized carbons (Fsp3) is 1.00. The Bertz CT molecular complexity index is 128. The van der Waals surface area contributed by atoms with Gasteiger partial charge in [-0.2, -0.15) is 0 Å². The first-order valence-corrected chi connectivity index (χ1v) is 4.69. The zero-order valence-corrected chi connectivity index (χ0v) is 7.92. The molecular formula is C9H19NO2. The van der Waals surface area contributed by atoms with Crippen molar-refractivity contribution in [3.05, 3.63) is 0 Å². The number of nitrogens with one attached hydrogen (secondary N) is 1. The van der Waals surface area contributed by atoms with Gasteiger partial charge in [0.25, 0.3) is 0 Å². The van der Waals surface area contributed by atoms with Crippen LogP contribution < -0.4 is 5.32 Å². The fourth-order valence-corrected chi connectivity index (χ4v) is 1.31. The van der Waals surface area contributed by atoms with Crippen molar-refractivity contribution >= 4 is 0 Å². The van der Waals surface area contributed by atoms with E-state index >= 15 is 0 Å². The smallest absolute Gasteiger partial charge is 0.0737 e. The molecule has 3 heteroatoms. The van der Waals surface area contributed by atoms with E-state index in [0.717, 1.165) is 13.0 Å². The molecule has 12 heavy (non-hydrogen) atoms. The Labute approximate surface area is 74.1 Å². The first-order chi connectivity index (χ1) is 5.70.